The minimum atomic E-state index is -0.316. The molecule has 1 saturated heterocycles. The number of likely N-dealkylation sites (N-methyl/N-ethyl adjacent to an activating group) is 1. The van der Waals surface area contributed by atoms with E-state index in [1.807, 2.05) is 31.2 Å². The molecule has 2 aliphatic rings. The zero-order valence-electron chi connectivity index (χ0n) is 13.7. The van der Waals surface area contributed by atoms with Crippen molar-refractivity contribution in [2.45, 2.75) is 6.92 Å². The number of thiocarbonyl (C=S) groups is 1. The normalized spacial score (nSPS) is 19.5. The average Bonchev–Trinajstić information content (AvgIpc) is 3.08. The highest BCUT2D eigenvalue weighted by Gasteiger charge is 2.42. The molecule has 2 aliphatic heterocycles. The van der Waals surface area contributed by atoms with Crippen molar-refractivity contribution in [2.24, 2.45) is 0 Å². The van der Waals surface area contributed by atoms with Crippen molar-refractivity contribution < 1.29 is 9.59 Å². The van der Waals surface area contributed by atoms with Crippen molar-refractivity contribution in [2.75, 3.05) is 16.3 Å². The maximum atomic E-state index is 13.1. The molecule has 4 rings (SSSR count). The van der Waals surface area contributed by atoms with Gasteiger partial charge in [0, 0.05) is 12.1 Å². The van der Waals surface area contributed by atoms with Crippen molar-refractivity contribution in [3.05, 3.63) is 64.0 Å². The molecule has 0 atom stereocenters. The Hall–Kier alpha value is -2.15. The average molecular weight is 401 g/mol. The second-order valence-corrected chi connectivity index (χ2v) is 7.78. The first kappa shape index (κ1) is 17.3. The molecule has 0 aromatic heterocycles. The van der Waals surface area contributed by atoms with Crippen LogP contribution in [0, 0.1) is 0 Å². The van der Waals surface area contributed by atoms with E-state index in [0.717, 1.165) is 23.0 Å². The topological polar surface area (TPSA) is 40.6 Å². The number of amides is 2. The standard InChI is InChI=1S/C19H13ClN2O2S2/c1-2-21-13-9-5-3-7-11(13)15(17(21)23)16-18(24)22(19(25)26-16)14-10-6-4-8-12(14)20/h3-10H,2H2,1H3. The smallest absolute Gasteiger partial charge is 0.271 e. The second kappa shape index (κ2) is 6.54. The molecular weight excluding hydrogens is 388 g/mol. The molecule has 1 fully saturated rings. The lowest BCUT2D eigenvalue weighted by Crippen LogP contribution is -2.29. The molecular formula is C19H13ClN2O2S2. The van der Waals surface area contributed by atoms with E-state index in [2.05, 4.69) is 0 Å². The van der Waals surface area contributed by atoms with Crippen LogP contribution < -0.4 is 9.80 Å². The van der Waals surface area contributed by atoms with Gasteiger partial charge in [-0.05, 0) is 25.1 Å². The van der Waals surface area contributed by atoms with Crippen molar-refractivity contribution in [3.63, 3.8) is 0 Å². The largest absolute Gasteiger partial charge is 0.308 e. The van der Waals surface area contributed by atoms with Gasteiger partial charge in [-0.2, -0.15) is 0 Å². The predicted octanol–water partition coefficient (Wildman–Crippen LogP) is 4.48. The molecule has 4 nitrogen and oxygen atoms in total. The molecule has 0 N–H and O–H groups in total. The van der Waals surface area contributed by atoms with Crippen LogP contribution in [0.4, 0.5) is 11.4 Å². The molecule has 0 saturated carbocycles. The Kier molecular flexibility index (Phi) is 4.34. The SMILES string of the molecule is CCN1C(=O)C(=C2SC(=S)N(c3ccccc3Cl)C2=O)c2ccccc21. The minimum Gasteiger partial charge on any atom is -0.308 e. The van der Waals surface area contributed by atoms with E-state index in [4.69, 9.17) is 23.8 Å². The first-order valence-corrected chi connectivity index (χ1v) is 9.61. The maximum absolute atomic E-state index is 13.1. The van der Waals surface area contributed by atoms with E-state index in [1.54, 1.807) is 29.2 Å². The molecule has 2 heterocycles. The number of thioether (sulfide) groups is 1. The molecule has 26 heavy (non-hydrogen) atoms. The molecule has 0 aliphatic carbocycles. The van der Waals surface area contributed by atoms with E-state index in [9.17, 15) is 9.59 Å². The first-order chi connectivity index (χ1) is 12.5. The van der Waals surface area contributed by atoms with E-state index >= 15 is 0 Å². The second-order valence-electron chi connectivity index (χ2n) is 5.73. The number of anilines is 2. The number of rotatable bonds is 2. The summed E-state index contributed by atoms with van der Waals surface area (Å²) in [6.07, 6.45) is 0. The lowest BCUT2D eigenvalue weighted by atomic mass is 10.1. The van der Waals surface area contributed by atoms with Gasteiger partial charge in [0.15, 0.2) is 4.32 Å². The number of fused-ring (bicyclic) bond motifs is 1. The van der Waals surface area contributed by atoms with Crippen LogP contribution in [0.5, 0.6) is 0 Å². The van der Waals surface area contributed by atoms with Gasteiger partial charge in [0.25, 0.3) is 11.8 Å². The summed E-state index contributed by atoms with van der Waals surface area (Å²) >= 11 is 12.8. The summed E-state index contributed by atoms with van der Waals surface area (Å²) in [6, 6.07) is 14.5. The Morgan fingerprint density at radius 2 is 1.65 bits per heavy atom. The number of carbonyl (C=O) groups is 2. The summed E-state index contributed by atoms with van der Waals surface area (Å²) in [7, 11) is 0. The maximum Gasteiger partial charge on any atom is 0.271 e. The zero-order chi connectivity index (χ0) is 18.4. The van der Waals surface area contributed by atoms with Crippen molar-refractivity contribution >= 4 is 68.7 Å². The van der Waals surface area contributed by atoms with Gasteiger partial charge in [0.1, 0.15) is 0 Å². The van der Waals surface area contributed by atoms with Crippen molar-refractivity contribution in [1.29, 1.82) is 0 Å². The molecule has 7 heteroatoms. The van der Waals surface area contributed by atoms with Gasteiger partial charge in [0.2, 0.25) is 0 Å². The van der Waals surface area contributed by atoms with E-state index in [1.165, 1.54) is 4.90 Å². The summed E-state index contributed by atoms with van der Waals surface area (Å²) in [5.41, 5.74) is 2.52. The number of halogens is 1. The molecule has 2 aromatic rings. The quantitative estimate of drug-likeness (QED) is 0.550. The molecule has 130 valence electrons. The highest BCUT2D eigenvalue weighted by atomic mass is 35.5. The van der Waals surface area contributed by atoms with Gasteiger partial charge < -0.3 is 4.90 Å². The van der Waals surface area contributed by atoms with Crippen LogP contribution >= 0.6 is 35.6 Å². The number of hydrogen-bond donors (Lipinski definition) is 0. The van der Waals surface area contributed by atoms with Gasteiger partial charge in [-0.1, -0.05) is 65.9 Å². The Morgan fingerprint density at radius 1 is 1.00 bits per heavy atom. The Labute approximate surface area is 165 Å². The van der Waals surface area contributed by atoms with Crippen LogP contribution in [0.15, 0.2) is 53.4 Å². The van der Waals surface area contributed by atoms with E-state index in [-0.39, 0.29) is 11.8 Å². The van der Waals surface area contributed by atoms with Crippen LogP contribution in [-0.4, -0.2) is 22.7 Å². The number of para-hydroxylation sites is 2. The van der Waals surface area contributed by atoms with Gasteiger partial charge in [-0.25, -0.2) is 0 Å². The molecule has 0 bridgehead atoms. The fraction of sp³-hybridized carbons (Fsp3) is 0.105. The Balaban J connectivity index is 1.87. The first-order valence-electron chi connectivity index (χ1n) is 8.01. The number of nitrogens with zero attached hydrogens (tertiary/aromatic N) is 2. The lowest BCUT2D eigenvalue weighted by molar-refractivity contribution is -0.115. The Morgan fingerprint density at radius 3 is 2.35 bits per heavy atom. The monoisotopic (exact) mass is 400 g/mol. The van der Waals surface area contributed by atoms with Crippen LogP contribution in [0.3, 0.4) is 0 Å². The van der Waals surface area contributed by atoms with Crippen LogP contribution in [0.1, 0.15) is 12.5 Å². The number of benzene rings is 2. The van der Waals surface area contributed by atoms with Crippen LogP contribution in [0.2, 0.25) is 5.02 Å². The summed E-state index contributed by atoms with van der Waals surface area (Å²) in [5, 5.41) is 0.434. The predicted molar refractivity (Wildman–Crippen MR) is 111 cm³/mol. The Bertz CT molecular complexity index is 1000. The summed E-state index contributed by atoms with van der Waals surface area (Å²) < 4.78 is 0.367. The van der Waals surface area contributed by atoms with Gasteiger partial charge in [0.05, 0.1) is 26.9 Å². The lowest BCUT2D eigenvalue weighted by Gasteiger charge is -2.16. The van der Waals surface area contributed by atoms with Gasteiger partial charge in [-0.3, -0.25) is 14.5 Å². The molecule has 0 radical (unpaired) electrons. The highest BCUT2D eigenvalue weighted by Crippen LogP contribution is 2.46. The summed E-state index contributed by atoms with van der Waals surface area (Å²) in [4.78, 5) is 29.5. The fourth-order valence-electron chi connectivity index (χ4n) is 3.17. The summed E-state index contributed by atoms with van der Waals surface area (Å²) in [5.74, 6) is -0.488. The van der Waals surface area contributed by atoms with Crippen molar-refractivity contribution in [3.8, 4) is 0 Å². The van der Waals surface area contributed by atoms with Crippen LogP contribution in [-0.2, 0) is 9.59 Å². The highest BCUT2D eigenvalue weighted by molar-refractivity contribution is 8.27. The third kappa shape index (κ3) is 2.48. The molecule has 2 amide bonds. The van der Waals surface area contributed by atoms with Crippen LogP contribution in [0.25, 0.3) is 5.57 Å². The fourth-order valence-corrected chi connectivity index (χ4v) is 4.75. The molecule has 0 spiro atoms. The summed E-state index contributed by atoms with van der Waals surface area (Å²) in [6.45, 7) is 2.44. The minimum absolute atomic E-state index is 0.173. The number of carbonyl (C=O) groups excluding carboxylic acids is 2. The third-order valence-corrected chi connectivity index (χ3v) is 6.02. The molecule has 2 aromatic carbocycles. The van der Waals surface area contributed by atoms with E-state index < -0.39 is 0 Å². The number of hydrogen-bond acceptors (Lipinski definition) is 4. The van der Waals surface area contributed by atoms with Gasteiger partial charge in [-0.15, -0.1) is 0 Å². The van der Waals surface area contributed by atoms with E-state index in [0.29, 0.717) is 32.1 Å². The third-order valence-electron chi connectivity index (χ3n) is 4.33. The zero-order valence-corrected chi connectivity index (χ0v) is 16.1. The van der Waals surface area contributed by atoms with Crippen molar-refractivity contribution in [1.82, 2.24) is 0 Å². The van der Waals surface area contributed by atoms with Gasteiger partial charge >= 0.3 is 0 Å². The molecule has 0 unspecified atom stereocenters.